The SMILES string of the molecule is CC1CN(C(=O)c2ccc(CNC(N)=O)cc2)CC(C)(C)O1. The number of rotatable bonds is 3. The quantitative estimate of drug-likeness (QED) is 0.887. The molecule has 1 unspecified atom stereocenters. The summed E-state index contributed by atoms with van der Waals surface area (Å²) in [6, 6.07) is 6.61. The lowest BCUT2D eigenvalue weighted by Crippen LogP contribution is -2.53. The number of hydrogen-bond acceptors (Lipinski definition) is 3. The molecular formula is C16H23N3O3. The van der Waals surface area contributed by atoms with Crippen LogP contribution in [0.1, 0.15) is 36.7 Å². The summed E-state index contributed by atoms with van der Waals surface area (Å²) >= 11 is 0. The Morgan fingerprint density at radius 2 is 2.00 bits per heavy atom. The third-order valence-electron chi connectivity index (χ3n) is 3.52. The van der Waals surface area contributed by atoms with Gasteiger partial charge in [-0.25, -0.2) is 4.79 Å². The highest BCUT2D eigenvalue weighted by Crippen LogP contribution is 2.22. The van der Waals surface area contributed by atoms with Crippen LogP contribution in [-0.4, -0.2) is 41.6 Å². The van der Waals surface area contributed by atoms with Gasteiger partial charge in [0.15, 0.2) is 0 Å². The third kappa shape index (κ3) is 4.21. The first-order valence-electron chi connectivity index (χ1n) is 7.36. The van der Waals surface area contributed by atoms with Crippen LogP contribution in [0.15, 0.2) is 24.3 Å². The van der Waals surface area contributed by atoms with E-state index in [1.807, 2.05) is 37.8 Å². The van der Waals surface area contributed by atoms with Gasteiger partial charge in [0.1, 0.15) is 0 Å². The van der Waals surface area contributed by atoms with Crippen molar-refractivity contribution in [3.8, 4) is 0 Å². The van der Waals surface area contributed by atoms with Crippen molar-refractivity contribution in [2.24, 2.45) is 5.73 Å². The van der Waals surface area contributed by atoms with Crippen LogP contribution in [0.5, 0.6) is 0 Å². The zero-order valence-corrected chi connectivity index (χ0v) is 13.3. The third-order valence-corrected chi connectivity index (χ3v) is 3.52. The molecule has 1 heterocycles. The van der Waals surface area contributed by atoms with E-state index >= 15 is 0 Å². The first kappa shape index (κ1) is 16.3. The Hall–Kier alpha value is -2.08. The molecule has 2 rings (SSSR count). The topological polar surface area (TPSA) is 84.7 Å². The highest BCUT2D eigenvalue weighted by atomic mass is 16.5. The standard InChI is InChI=1S/C16H23N3O3/c1-11-9-19(10-16(2,3)22-11)14(20)13-6-4-12(5-7-13)8-18-15(17)21/h4-7,11H,8-10H2,1-3H3,(H3,17,18,21). The lowest BCUT2D eigenvalue weighted by atomic mass is 10.0. The van der Waals surface area contributed by atoms with Gasteiger partial charge in [-0.15, -0.1) is 0 Å². The number of nitrogens with two attached hydrogens (primary N) is 1. The van der Waals surface area contributed by atoms with Crippen LogP contribution in [0.25, 0.3) is 0 Å². The van der Waals surface area contributed by atoms with Crippen molar-refractivity contribution >= 4 is 11.9 Å². The molecule has 0 spiro atoms. The Bertz CT molecular complexity index is 554. The van der Waals surface area contributed by atoms with Crippen LogP contribution in [0.4, 0.5) is 4.79 Å². The predicted molar refractivity (Wildman–Crippen MR) is 83.4 cm³/mol. The number of carbonyl (C=O) groups excluding carboxylic acids is 2. The fourth-order valence-corrected chi connectivity index (χ4v) is 2.75. The minimum atomic E-state index is -0.565. The van der Waals surface area contributed by atoms with Gasteiger partial charge in [-0.05, 0) is 38.5 Å². The number of urea groups is 1. The number of morpholine rings is 1. The second-order valence-electron chi connectivity index (χ2n) is 6.29. The smallest absolute Gasteiger partial charge is 0.312 e. The molecule has 1 aromatic carbocycles. The summed E-state index contributed by atoms with van der Waals surface area (Å²) in [4.78, 5) is 25.1. The Morgan fingerprint density at radius 3 is 2.55 bits per heavy atom. The van der Waals surface area contributed by atoms with Gasteiger partial charge in [0.25, 0.3) is 5.91 Å². The molecule has 1 aromatic rings. The van der Waals surface area contributed by atoms with Crippen LogP contribution < -0.4 is 11.1 Å². The second kappa shape index (κ2) is 6.36. The molecule has 22 heavy (non-hydrogen) atoms. The average Bonchev–Trinajstić information content (AvgIpc) is 2.42. The molecule has 1 atom stereocenters. The van der Waals surface area contributed by atoms with Gasteiger partial charge >= 0.3 is 6.03 Å². The zero-order chi connectivity index (χ0) is 16.3. The molecule has 3 amide bonds. The normalized spacial score (nSPS) is 20.5. The van der Waals surface area contributed by atoms with E-state index in [9.17, 15) is 9.59 Å². The Kier molecular flexibility index (Phi) is 4.71. The lowest BCUT2D eigenvalue weighted by molar-refractivity contribution is -0.118. The molecule has 1 fully saturated rings. The maximum absolute atomic E-state index is 12.6. The number of benzene rings is 1. The number of ether oxygens (including phenoxy) is 1. The van der Waals surface area contributed by atoms with Crippen LogP contribution in [0, 0.1) is 0 Å². The number of primary amides is 1. The molecule has 0 aromatic heterocycles. The monoisotopic (exact) mass is 305 g/mol. The fraction of sp³-hybridized carbons (Fsp3) is 0.500. The first-order valence-corrected chi connectivity index (χ1v) is 7.36. The van der Waals surface area contributed by atoms with E-state index in [1.54, 1.807) is 12.1 Å². The molecule has 1 aliphatic heterocycles. The maximum atomic E-state index is 12.6. The van der Waals surface area contributed by atoms with Gasteiger partial charge in [0.2, 0.25) is 0 Å². The zero-order valence-electron chi connectivity index (χ0n) is 13.3. The van der Waals surface area contributed by atoms with Gasteiger partial charge in [-0.1, -0.05) is 12.1 Å². The Balaban J connectivity index is 2.04. The first-order chi connectivity index (χ1) is 10.3. The van der Waals surface area contributed by atoms with Gasteiger partial charge in [-0.3, -0.25) is 4.79 Å². The van der Waals surface area contributed by atoms with Crippen LogP contribution in [0.3, 0.4) is 0 Å². The van der Waals surface area contributed by atoms with Crippen molar-refractivity contribution in [1.29, 1.82) is 0 Å². The highest BCUT2D eigenvalue weighted by molar-refractivity contribution is 5.94. The summed E-state index contributed by atoms with van der Waals surface area (Å²) in [6.45, 7) is 7.46. The number of amides is 3. The molecule has 1 aliphatic rings. The summed E-state index contributed by atoms with van der Waals surface area (Å²) in [5.41, 5.74) is 6.22. The van der Waals surface area contributed by atoms with Crippen LogP contribution in [-0.2, 0) is 11.3 Å². The van der Waals surface area contributed by atoms with Crippen molar-refractivity contribution in [2.75, 3.05) is 13.1 Å². The lowest BCUT2D eigenvalue weighted by Gasteiger charge is -2.41. The number of nitrogens with one attached hydrogen (secondary N) is 1. The van der Waals surface area contributed by atoms with Crippen LogP contribution in [0.2, 0.25) is 0 Å². The Morgan fingerprint density at radius 1 is 1.36 bits per heavy atom. The van der Waals surface area contributed by atoms with Crippen molar-refractivity contribution in [3.05, 3.63) is 35.4 Å². The van der Waals surface area contributed by atoms with Crippen molar-refractivity contribution in [3.63, 3.8) is 0 Å². The summed E-state index contributed by atoms with van der Waals surface area (Å²) in [7, 11) is 0. The van der Waals surface area contributed by atoms with E-state index in [0.717, 1.165) is 5.56 Å². The second-order valence-corrected chi connectivity index (χ2v) is 6.29. The average molecular weight is 305 g/mol. The summed E-state index contributed by atoms with van der Waals surface area (Å²) in [5, 5.41) is 2.52. The number of nitrogens with zero attached hydrogens (tertiary/aromatic N) is 1. The molecule has 1 saturated heterocycles. The molecule has 120 valence electrons. The number of hydrogen-bond donors (Lipinski definition) is 2. The predicted octanol–water partition coefficient (Wildman–Crippen LogP) is 1.49. The summed E-state index contributed by atoms with van der Waals surface area (Å²) in [6.07, 6.45) is 0.0201. The molecule has 6 nitrogen and oxygen atoms in total. The molecule has 0 saturated carbocycles. The molecular weight excluding hydrogens is 282 g/mol. The van der Waals surface area contributed by atoms with E-state index in [-0.39, 0.29) is 17.6 Å². The fourth-order valence-electron chi connectivity index (χ4n) is 2.75. The molecule has 3 N–H and O–H groups in total. The van der Waals surface area contributed by atoms with E-state index in [1.165, 1.54) is 0 Å². The van der Waals surface area contributed by atoms with Crippen molar-refractivity contribution < 1.29 is 14.3 Å². The molecule has 0 bridgehead atoms. The van der Waals surface area contributed by atoms with Gasteiger partial charge in [-0.2, -0.15) is 0 Å². The van der Waals surface area contributed by atoms with Gasteiger partial charge in [0, 0.05) is 25.2 Å². The van der Waals surface area contributed by atoms with Gasteiger partial charge < -0.3 is 20.7 Å². The largest absolute Gasteiger partial charge is 0.369 e. The summed E-state index contributed by atoms with van der Waals surface area (Å²) < 4.78 is 5.82. The van der Waals surface area contributed by atoms with E-state index in [0.29, 0.717) is 25.2 Å². The van der Waals surface area contributed by atoms with Gasteiger partial charge in [0.05, 0.1) is 11.7 Å². The van der Waals surface area contributed by atoms with Crippen LogP contribution >= 0.6 is 0 Å². The van der Waals surface area contributed by atoms with Crippen molar-refractivity contribution in [1.82, 2.24) is 10.2 Å². The van der Waals surface area contributed by atoms with E-state index in [2.05, 4.69) is 5.32 Å². The van der Waals surface area contributed by atoms with E-state index in [4.69, 9.17) is 10.5 Å². The van der Waals surface area contributed by atoms with Crippen molar-refractivity contribution in [2.45, 2.75) is 39.0 Å². The minimum absolute atomic E-state index is 0.00219. The summed E-state index contributed by atoms with van der Waals surface area (Å²) in [5.74, 6) is -0.00219. The maximum Gasteiger partial charge on any atom is 0.312 e. The molecule has 0 radical (unpaired) electrons. The Labute approximate surface area is 130 Å². The number of carbonyl (C=O) groups is 2. The molecule has 6 heteroatoms. The molecule has 0 aliphatic carbocycles. The van der Waals surface area contributed by atoms with E-state index < -0.39 is 6.03 Å². The highest BCUT2D eigenvalue weighted by Gasteiger charge is 2.33. The minimum Gasteiger partial charge on any atom is -0.369 e.